The van der Waals surface area contributed by atoms with Gasteiger partial charge in [-0.2, -0.15) is 12.6 Å². The molecule has 7 heteroatoms. The lowest BCUT2D eigenvalue weighted by Gasteiger charge is -1.96. The lowest BCUT2D eigenvalue weighted by molar-refractivity contribution is 0.0697. The van der Waals surface area contributed by atoms with Crippen molar-refractivity contribution in [3.63, 3.8) is 0 Å². The third-order valence-electron chi connectivity index (χ3n) is 2.84. The summed E-state index contributed by atoms with van der Waals surface area (Å²) in [4.78, 5) is 10.7. The SMILES string of the molecule is CCOC.CS.Cc1nnc(-c2cccc(C(=O)O)c2)o1.c1ccccc1. The van der Waals surface area contributed by atoms with Crippen molar-refractivity contribution in [1.82, 2.24) is 10.2 Å². The van der Waals surface area contributed by atoms with Gasteiger partial charge in [0.15, 0.2) is 0 Å². The molecule has 1 N–H and O–H groups in total. The van der Waals surface area contributed by atoms with Crippen molar-refractivity contribution < 1.29 is 19.1 Å². The van der Waals surface area contributed by atoms with Crippen molar-refractivity contribution in [3.05, 3.63) is 72.1 Å². The van der Waals surface area contributed by atoms with E-state index in [1.165, 1.54) is 12.1 Å². The first-order chi connectivity index (χ1) is 13.1. The number of methoxy groups -OCH3 is 1. The predicted molar refractivity (Wildman–Crippen MR) is 110 cm³/mol. The number of aromatic carboxylic acids is 1. The second kappa shape index (κ2) is 15.6. The molecular formula is C20H26N2O4S. The van der Waals surface area contributed by atoms with Gasteiger partial charge < -0.3 is 14.3 Å². The highest BCUT2D eigenvalue weighted by molar-refractivity contribution is 7.79. The van der Waals surface area contributed by atoms with Crippen LogP contribution < -0.4 is 0 Å². The molecule has 0 aliphatic rings. The van der Waals surface area contributed by atoms with E-state index in [1.54, 1.807) is 32.4 Å². The molecule has 6 nitrogen and oxygen atoms in total. The van der Waals surface area contributed by atoms with E-state index in [0.29, 0.717) is 17.3 Å². The minimum atomic E-state index is -0.979. The molecule has 27 heavy (non-hydrogen) atoms. The fourth-order valence-corrected chi connectivity index (χ4v) is 1.58. The van der Waals surface area contributed by atoms with E-state index < -0.39 is 5.97 Å². The van der Waals surface area contributed by atoms with Gasteiger partial charge in [0.05, 0.1) is 5.56 Å². The van der Waals surface area contributed by atoms with Crippen molar-refractivity contribution in [1.29, 1.82) is 0 Å². The Bertz CT molecular complexity index is 720. The van der Waals surface area contributed by atoms with Crippen LogP contribution in [0.2, 0.25) is 0 Å². The summed E-state index contributed by atoms with van der Waals surface area (Å²) in [5.41, 5.74) is 0.804. The quantitative estimate of drug-likeness (QED) is 0.634. The summed E-state index contributed by atoms with van der Waals surface area (Å²) in [5, 5.41) is 16.3. The Kier molecular flexibility index (Phi) is 14.1. The molecule has 0 bridgehead atoms. The van der Waals surface area contributed by atoms with Gasteiger partial charge in [0.1, 0.15) is 0 Å². The number of carboxylic acids is 1. The van der Waals surface area contributed by atoms with Crippen LogP contribution >= 0.6 is 12.6 Å². The predicted octanol–water partition coefficient (Wildman–Crippen LogP) is 4.63. The molecule has 0 spiro atoms. The van der Waals surface area contributed by atoms with E-state index in [9.17, 15) is 4.79 Å². The number of carbonyl (C=O) groups is 1. The van der Waals surface area contributed by atoms with E-state index in [0.717, 1.165) is 6.61 Å². The Morgan fingerprint density at radius 1 is 1.07 bits per heavy atom. The van der Waals surface area contributed by atoms with E-state index in [4.69, 9.17) is 9.52 Å². The Hall–Kier alpha value is -2.64. The average molecular weight is 391 g/mol. The molecule has 0 fully saturated rings. The monoisotopic (exact) mass is 390 g/mol. The fourth-order valence-electron chi connectivity index (χ4n) is 1.58. The standard InChI is InChI=1S/C10H8N2O3.C6H6.C3H8O.CH4S/c1-6-11-12-9(15-6)7-3-2-4-8(5-7)10(13)14;1-2-4-6-5-3-1;1-3-4-2;1-2/h2-5H,1H3,(H,13,14);1-6H;3H2,1-2H3;2H,1H3. The molecule has 1 heterocycles. The maximum atomic E-state index is 10.7. The lowest BCUT2D eigenvalue weighted by atomic mass is 10.1. The van der Waals surface area contributed by atoms with Crippen molar-refractivity contribution in [2.24, 2.45) is 0 Å². The van der Waals surface area contributed by atoms with Crippen LogP contribution in [0, 0.1) is 6.92 Å². The van der Waals surface area contributed by atoms with Gasteiger partial charge in [-0.1, -0.05) is 42.5 Å². The molecule has 0 saturated heterocycles. The lowest BCUT2D eigenvalue weighted by Crippen LogP contribution is -1.95. The molecule has 0 aliphatic carbocycles. The van der Waals surface area contributed by atoms with Gasteiger partial charge in [-0.25, -0.2) is 4.79 Å². The van der Waals surface area contributed by atoms with Crippen LogP contribution in [-0.4, -0.2) is 41.2 Å². The van der Waals surface area contributed by atoms with Crippen LogP contribution in [0.1, 0.15) is 23.2 Å². The first kappa shape index (κ1) is 24.4. The molecule has 3 rings (SSSR count). The molecular weight excluding hydrogens is 364 g/mol. The van der Waals surface area contributed by atoms with E-state index in [-0.39, 0.29) is 5.56 Å². The minimum absolute atomic E-state index is 0.198. The molecule has 2 aromatic carbocycles. The Morgan fingerprint density at radius 2 is 1.59 bits per heavy atom. The number of hydrogen-bond acceptors (Lipinski definition) is 6. The van der Waals surface area contributed by atoms with Crippen LogP contribution in [0.3, 0.4) is 0 Å². The summed E-state index contributed by atoms with van der Waals surface area (Å²) in [6.45, 7) is 4.46. The third kappa shape index (κ3) is 10.8. The van der Waals surface area contributed by atoms with Gasteiger partial charge in [0, 0.05) is 26.2 Å². The Balaban J connectivity index is 0.000000465. The molecule has 3 aromatic rings. The zero-order chi connectivity index (χ0) is 20.5. The van der Waals surface area contributed by atoms with Gasteiger partial charge in [0.25, 0.3) is 0 Å². The van der Waals surface area contributed by atoms with Gasteiger partial charge in [-0.05, 0) is 31.4 Å². The molecule has 146 valence electrons. The highest BCUT2D eigenvalue weighted by atomic mass is 32.1. The van der Waals surface area contributed by atoms with Crippen LogP contribution in [0.25, 0.3) is 11.5 Å². The first-order valence-corrected chi connectivity index (χ1v) is 9.05. The third-order valence-corrected chi connectivity index (χ3v) is 2.84. The number of rotatable bonds is 3. The number of carboxylic acid groups (broad SMARTS) is 1. The number of aromatic nitrogens is 2. The van der Waals surface area contributed by atoms with Gasteiger partial charge >= 0.3 is 5.97 Å². The summed E-state index contributed by atoms with van der Waals surface area (Å²) >= 11 is 3.53. The minimum Gasteiger partial charge on any atom is -0.478 e. The van der Waals surface area contributed by atoms with Gasteiger partial charge in [-0.15, -0.1) is 10.2 Å². The van der Waals surface area contributed by atoms with E-state index >= 15 is 0 Å². The Labute approximate surface area is 165 Å². The van der Waals surface area contributed by atoms with Gasteiger partial charge in [0.2, 0.25) is 11.8 Å². The largest absolute Gasteiger partial charge is 0.478 e. The van der Waals surface area contributed by atoms with Crippen molar-refractivity contribution in [2.45, 2.75) is 13.8 Å². The van der Waals surface area contributed by atoms with Crippen molar-refractivity contribution >= 4 is 18.6 Å². The topological polar surface area (TPSA) is 85.5 Å². The number of hydrogen-bond donors (Lipinski definition) is 2. The van der Waals surface area contributed by atoms with Crippen LogP contribution in [-0.2, 0) is 4.74 Å². The van der Waals surface area contributed by atoms with Gasteiger partial charge in [-0.3, -0.25) is 0 Å². The molecule has 1 aromatic heterocycles. The summed E-state index contributed by atoms with van der Waals surface area (Å²) in [5.74, 6) is -0.200. The summed E-state index contributed by atoms with van der Waals surface area (Å²) in [7, 11) is 1.68. The summed E-state index contributed by atoms with van der Waals surface area (Å²) < 4.78 is 9.73. The number of nitrogens with zero attached hydrogens (tertiary/aromatic N) is 2. The maximum absolute atomic E-state index is 10.7. The molecule has 0 atom stereocenters. The highest BCUT2D eigenvalue weighted by Crippen LogP contribution is 2.18. The number of ether oxygens (including phenoxy) is 1. The Morgan fingerprint density at radius 3 is 1.96 bits per heavy atom. The van der Waals surface area contributed by atoms with Crippen LogP contribution in [0.4, 0.5) is 0 Å². The average Bonchev–Trinajstić information content (AvgIpc) is 3.18. The first-order valence-electron chi connectivity index (χ1n) is 8.16. The second-order valence-corrected chi connectivity index (χ2v) is 4.74. The molecule has 0 saturated carbocycles. The number of aryl methyl sites for hydroxylation is 1. The zero-order valence-electron chi connectivity index (χ0n) is 16.0. The molecule has 0 aliphatic heterocycles. The second-order valence-electron chi connectivity index (χ2n) is 4.74. The summed E-state index contributed by atoms with van der Waals surface area (Å²) in [6, 6.07) is 18.4. The van der Waals surface area contributed by atoms with Crippen molar-refractivity contribution in [3.8, 4) is 11.5 Å². The normalized spacial score (nSPS) is 8.78. The zero-order valence-corrected chi connectivity index (χ0v) is 16.9. The summed E-state index contributed by atoms with van der Waals surface area (Å²) in [6.07, 6.45) is 1.69. The van der Waals surface area contributed by atoms with E-state index in [1.807, 2.05) is 43.3 Å². The number of thiol groups is 1. The van der Waals surface area contributed by atoms with E-state index in [2.05, 4.69) is 27.6 Å². The highest BCUT2D eigenvalue weighted by Gasteiger charge is 2.08. The van der Waals surface area contributed by atoms with Crippen LogP contribution in [0.15, 0.2) is 65.1 Å². The maximum Gasteiger partial charge on any atom is 0.335 e. The fraction of sp³-hybridized carbons (Fsp3) is 0.250. The molecule has 0 amide bonds. The smallest absolute Gasteiger partial charge is 0.335 e. The molecule has 0 radical (unpaired) electrons. The molecule has 0 unspecified atom stereocenters. The van der Waals surface area contributed by atoms with Crippen molar-refractivity contribution in [2.75, 3.05) is 20.0 Å². The number of benzene rings is 2. The van der Waals surface area contributed by atoms with Crippen LogP contribution in [0.5, 0.6) is 0 Å².